The van der Waals surface area contributed by atoms with E-state index in [0.717, 1.165) is 24.2 Å². The lowest BCUT2D eigenvalue weighted by atomic mass is 10.2. The van der Waals surface area contributed by atoms with Gasteiger partial charge in [0.25, 0.3) is 0 Å². The Bertz CT molecular complexity index is 456. The average Bonchev–Trinajstić information content (AvgIpc) is 2.59. The van der Waals surface area contributed by atoms with E-state index in [4.69, 9.17) is 17.3 Å². The fraction of sp³-hybridized carbons (Fsp3) is 0.556. The largest absolute Gasteiger partial charge is 0.329 e. The Hall–Kier alpha value is 0.340. The highest BCUT2D eigenvalue weighted by atomic mass is 79.9. The fourth-order valence-electron chi connectivity index (χ4n) is 1.31. The molecule has 0 bridgehead atoms. The van der Waals surface area contributed by atoms with E-state index in [2.05, 4.69) is 20.7 Å². The van der Waals surface area contributed by atoms with Crippen molar-refractivity contribution in [3.63, 3.8) is 0 Å². The minimum atomic E-state index is -3.52. The summed E-state index contributed by atoms with van der Waals surface area (Å²) in [6.45, 7) is 2.27. The van der Waals surface area contributed by atoms with Gasteiger partial charge in [0, 0.05) is 12.6 Å². The van der Waals surface area contributed by atoms with Crippen LogP contribution < -0.4 is 10.5 Å². The van der Waals surface area contributed by atoms with E-state index in [-0.39, 0.29) is 16.8 Å². The van der Waals surface area contributed by atoms with Crippen LogP contribution in [0.1, 0.15) is 19.8 Å². The van der Waals surface area contributed by atoms with Crippen molar-refractivity contribution < 1.29 is 8.42 Å². The molecule has 4 nitrogen and oxygen atoms in total. The van der Waals surface area contributed by atoms with E-state index in [9.17, 15) is 8.42 Å². The summed E-state index contributed by atoms with van der Waals surface area (Å²) < 4.78 is 27.4. The van der Waals surface area contributed by atoms with Crippen LogP contribution in [0.25, 0.3) is 0 Å². The summed E-state index contributed by atoms with van der Waals surface area (Å²) in [6, 6.07) is 1.20. The van der Waals surface area contributed by atoms with Crippen LogP contribution in [0.3, 0.4) is 0 Å². The van der Waals surface area contributed by atoms with Crippen LogP contribution in [0.4, 0.5) is 0 Å². The minimum absolute atomic E-state index is 0.198. The highest BCUT2D eigenvalue weighted by molar-refractivity contribution is 9.11. The van der Waals surface area contributed by atoms with Crippen LogP contribution in [0.2, 0.25) is 5.02 Å². The summed E-state index contributed by atoms with van der Waals surface area (Å²) in [5, 5.41) is 0.398. The molecule has 1 heterocycles. The van der Waals surface area contributed by atoms with Gasteiger partial charge in [0.05, 0.1) is 8.81 Å². The van der Waals surface area contributed by atoms with Crippen molar-refractivity contribution in [3.05, 3.63) is 14.9 Å². The third-order valence-corrected chi connectivity index (χ3v) is 6.60. The summed E-state index contributed by atoms with van der Waals surface area (Å²) in [4.78, 5) is 0. The molecule has 3 N–H and O–H groups in total. The van der Waals surface area contributed by atoms with Gasteiger partial charge in [-0.2, -0.15) is 0 Å². The highest BCUT2D eigenvalue weighted by Crippen LogP contribution is 2.34. The molecular formula is C9H14BrClN2O2S2. The fourth-order valence-corrected chi connectivity index (χ4v) is 5.01. The van der Waals surface area contributed by atoms with Crippen LogP contribution in [0.5, 0.6) is 0 Å². The first-order valence-corrected chi connectivity index (χ1v) is 8.55. The quantitative estimate of drug-likeness (QED) is 0.818. The van der Waals surface area contributed by atoms with Crippen LogP contribution in [0.15, 0.2) is 14.1 Å². The van der Waals surface area contributed by atoms with Crippen LogP contribution in [-0.4, -0.2) is 21.0 Å². The lowest BCUT2D eigenvalue weighted by Crippen LogP contribution is -2.39. The van der Waals surface area contributed by atoms with Gasteiger partial charge in [-0.05, 0) is 28.4 Å². The number of halogens is 2. The molecule has 98 valence electrons. The first-order valence-electron chi connectivity index (χ1n) is 5.08. The topological polar surface area (TPSA) is 72.2 Å². The van der Waals surface area contributed by atoms with E-state index < -0.39 is 10.0 Å². The van der Waals surface area contributed by atoms with Gasteiger partial charge >= 0.3 is 0 Å². The molecule has 0 amide bonds. The molecular weight excluding hydrogens is 348 g/mol. The summed E-state index contributed by atoms with van der Waals surface area (Å²) in [5.74, 6) is 0. The van der Waals surface area contributed by atoms with E-state index in [1.54, 1.807) is 0 Å². The summed E-state index contributed by atoms with van der Waals surface area (Å²) >= 11 is 10.1. The molecule has 17 heavy (non-hydrogen) atoms. The predicted octanol–water partition coefficient (Wildman–Crippen LogP) is 2.57. The molecule has 0 aromatic carbocycles. The molecule has 0 aliphatic rings. The van der Waals surface area contributed by atoms with Crippen molar-refractivity contribution in [1.82, 2.24) is 4.72 Å². The van der Waals surface area contributed by atoms with E-state index in [0.29, 0.717) is 8.81 Å². The van der Waals surface area contributed by atoms with Gasteiger partial charge in [-0.1, -0.05) is 24.9 Å². The number of nitrogens with two attached hydrogens (primary N) is 1. The summed E-state index contributed by atoms with van der Waals surface area (Å²) in [7, 11) is -3.52. The Morgan fingerprint density at radius 3 is 2.71 bits per heavy atom. The Kier molecular flexibility index (Phi) is 5.88. The van der Waals surface area contributed by atoms with Gasteiger partial charge in [0.15, 0.2) is 0 Å². The second-order valence-electron chi connectivity index (χ2n) is 3.53. The zero-order valence-corrected chi connectivity index (χ0v) is 13.2. The van der Waals surface area contributed by atoms with Crippen LogP contribution in [0, 0.1) is 0 Å². The number of sulfonamides is 1. The molecule has 1 atom stereocenters. The zero-order valence-electron chi connectivity index (χ0n) is 9.24. The Morgan fingerprint density at radius 2 is 2.29 bits per heavy atom. The van der Waals surface area contributed by atoms with Gasteiger partial charge in [0.2, 0.25) is 10.0 Å². The maximum atomic E-state index is 12.0. The second kappa shape index (κ2) is 6.49. The number of thiophene rings is 1. The van der Waals surface area contributed by atoms with E-state index in [1.165, 1.54) is 6.07 Å². The molecule has 0 aliphatic carbocycles. The molecule has 0 aliphatic heterocycles. The SMILES string of the molecule is CCCC(CN)NS(=O)(=O)c1cc(Cl)c(Br)s1. The Morgan fingerprint density at radius 1 is 1.65 bits per heavy atom. The third-order valence-electron chi connectivity index (χ3n) is 2.13. The Balaban J connectivity index is 2.88. The molecule has 0 saturated carbocycles. The van der Waals surface area contributed by atoms with Crippen molar-refractivity contribution in [2.45, 2.75) is 30.0 Å². The third kappa shape index (κ3) is 4.18. The predicted molar refractivity (Wildman–Crippen MR) is 75.1 cm³/mol. The van der Waals surface area contributed by atoms with Gasteiger partial charge in [-0.25, -0.2) is 13.1 Å². The van der Waals surface area contributed by atoms with Crippen LogP contribution >= 0.6 is 38.9 Å². The molecule has 0 fully saturated rings. The number of rotatable bonds is 6. The molecule has 1 aromatic rings. The first-order chi connectivity index (χ1) is 7.90. The molecule has 8 heteroatoms. The maximum Gasteiger partial charge on any atom is 0.250 e. The normalized spacial score (nSPS) is 13.9. The smallest absolute Gasteiger partial charge is 0.250 e. The molecule has 0 radical (unpaired) electrons. The Labute approximate surface area is 119 Å². The number of hydrogen-bond donors (Lipinski definition) is 2. The monoisotopic (exact) mass is 360 g/mol. The standard InChI is InChI=1S/C9H14BrClN2O2S2/c1-2-3-6(5-12)13-17(14,15)8-4-7(11)9(10)16-8/h4,6,13H,2-3,5,12H2,1H3. The number of hydrogen-bond acceptors (Lipinski definition) is 4. The zero-order chi connectivity index (χ0) is 13.1. The van der Waals surface area contributed by atoms with Gasteiger partial charge in [0.1, 0.15) is 4.21 Å². The van der Waals surface area contributed by atoms with Gasteiger partial charge in [-0.15, -0.1) is 11.3 Å². The molecule has 1 rings (SSSR count). The van der Waals surface area contributed by atoms with Gasteiger partial charge in [-0.3, -0.25) is 0 Å². The van der Waals surface area contributed by atoms with Crippen molar-refractivity contribution in [2.75, 3.05) is 6.54 Å². The minimum Gasteiger partial charge on any atom is -0.329 e. The van der Waals surface area contributed by atoms with E-state index in [1.807, 2.05) is 6.92 Å². The molecule has 0 saturated heterocycles. The average molecular weight is 362 g/mol. The van der Waals surface area contributed by atoms with E-state index >= 15 is 0 Å². The lowest BCUT2D eigenvalue weighted by Gasteiger charge is -2.14. The second-order valence-corrected chi connectivity index (χ2v) is 8.25. The number of nitrogens with one attached hydrogen (secondary N) is 1. The van der Waals surface area contributed by atoms with Crippen molar-refractivity contribution in [3.8, 4) is 0 Å². The van der Waals surface area contributed by atoms with Crippen LogP contribution in [-0.2, 0) is 10.0 Å². The molecule has 0 spiro atoms. The maximum absolute atomic E-state index is 12.0. The molecule has 1 unspecified atom stereocenters. The highest BCUT2D eigenvalue weighted by Gasteiger charge is 2.22. The van der Waals surface area contributed by atoms with Crippen molar-refractivity contribution in [2.24, 2.45) is 5.73 Å². The summed E-state index contributed by atoms with van der Waals surface area (Å²) in [6.07, 6.45) is 1.59. The summed E-state index contributed by atoms with van der Waals surface area (Å²) in [5.41, 5.74) is 5.52. The van der Waals surface area contributed by atoms with Crippen molar-refractivity contribution >= 4 is 48.9 Å². The molecule has 1 aromatic heterocycles. The van der Waals surface area contributed by atoms with Gasteiger partial charge < -0.3 is 5.73 Å². The first kappa shape index (κ1) is 15.4. The lowest BCUT2D eigenvalue weighted by molar-refractivity contribution is 0.528. The van der Waals surface area contributed by atoms with Crippen molar-refractivity contribution in [1.29, 1.82) is 0 Å².